The molecule has 4 nitrogen and oxygen atoms in total. The summed E-state index contributed by atoms with van der Waals surface area (Å²) in [5, 5.41) is 14.1. The number of hydrogen-bond donors (Lipinski definition) is 1. The average Bonchev–Trinajstić information content (AvgIpc) is 2.99. The number of methoxy groups -OCH3 is 1. The lowest BCUT2D eigenvalue weighted by Gasteiger charge is -2.04. The topological polar surface area (TPSA) is 47.3 Å². The van der Waals surface area contributed by atoms with Gasteiger partial charge in [0.2, 0.25) is 0 Å². The molecule has 0 bridgehead atoms. The highest BCUT2D eigenvalue weighted by atomic mass is 19.1. The number of hydrogen-bond acceptors (Lipinski definition) is 3. The Balaban J connectivity index is 1.80. The van der Waals surface area contributed by atoms with Gasteiger partial charge in [-0.2, -0.15) is 5.10 Å². The van der Waals surface area contributed by atoms with E-state index >= 15 is 0 Å². The van der Waals surface area contributed by atoms with Gasteiger partial charge in [0.05, 0.1) is 26.0 Å². The first-order valence-electron chi connectivity index (χ1n) is 7.72. The quantitative estimate of drug-likeness (QED) is 0.757. The van der Waals surface area contributed by atoms with Crippen molar-refractivity contribution in [2.24, 2.45) is 0 Å². The lowest BCUT2D eigenvalue weighted by atomic mass is 10.1. The minimum Gasteiger partial charge on any atom is -0.497 e. The van der Waals surface area contributed by atoms with E-state index in [0.29, 0.717) is 29.8 Å². The van der Waals surface area contributed by atoms with Crippen molar-refractivity contribution in [3.63, 3.8) is 0 Å². The third-order valence-electron chi connectivity index (χ3n) is 3.91. The van der Waals surface area contributed by atoms with Gasteiger partial charge in [-0.15, -0.1) is 0 Å². The second-order valence-electron chi connectivity index (χ2n) is 5.57. The van der Waals surface area contributed by atoms with Gasteiger partial charge in [0, 0.05) is 18.2 Å². The summed E-state index contributed by atoms with van der Waals surface area (Å²) in [6, 6.07) is 14.4. The molecule has 1 N–H and O–H groups in total. The van der Waals surface area contributed by atoms with E-state index < -0.39 is 0 Å². The Bertz CT molecular complexity index is 812. The molecule has 3 rings (SSSR count). The standard InChI is InChI=1S/C19H19FN2O2/c1-24-17-8-6-14(7-9-17)11-22-12-16(13-23)19(21-22)10-15-4-2-3-5-18(15)20/h2-9,12,23H,10-11,13H2,1H3. The molecule has 0 aliphatic carbocycles. The summed E-state index contributed by atoms with van der Waals surface area (Å²) in [4.78, 5) is 0. The molecule has 0 atom stereocenters. The average molecular weight is 326 g/mol. The largest absolute Gasteiger partial charge is 0.497 e. The van der Waals surface area contributed by atoms with Crippen molar-refractivity contribution in [3.8, 4) is 5.75 Å². The number of ether oxygens (including phenoxy) is 1. The predicted molar refractivity (Wildman–Crippen MR) is 89.5 cm³/mol. The highest BCUT2D eigenvalue weighted by Crippen LogP contribution is 2.17. The number of benzene rings is 2. The van der Waals surface area contributed by atoms with Crippen molar-refractivity contribution in [2.75, 3.05) is 7.11 Å². The van der Waals surface area contributed by atoms with Crippen LogP contribution in [-0.4, -0.2) is 22.0 Å². The maximum atomic E-state index is 13.8. The van der Waals surface area contributed by atoms with Crippen LogP contribution in [-0.2, 0) is 19.6 Å². The fourth-order valence-corrected chi connectivity index (χ4v) is 2.60. The van der Waals surface area contributed by atoms with Crippen LogP contribution >= 0.6 is 0 Å². The molecule has 5 heteroatoms. The Morgan fingerprint density at radius 3 is 2.50 bits per heavy atom. The number of aliphatic hydroxyl groups excluding tert-OH is 1. The summed E-state index contributed by atoms with van der Waals surface area (Å²) < 4.78 is 20.7. The zero-order chi connectivity index (χ0) is 16.9. The first-order valence-corrected chi connectivity index (χ1v) is 7.72. The number of aromatic nitrogens is 2. The van der Waals surface area contributed by atoms with Gasteiger partial charge in [-0.3, -0.25) is 4.68 Å². The molecule has 0 saturated carbocycles. The van der Waals surface area contributed by atoms with Gasteiger partial charge < -0.3 is 9.84 Å². The Labute approximate surface area is 140 Å². The van der Waals surface area contributed by atoms with Gasteiger partial charge in [0.15, 0.2) is 0 Å². The van der Waals surface area contributed by atoms with Gasteiger partial charge >= 0.3 is 0 Å². The van der Waals surface area contributed by atoms with Crippen molar-refractivity contribution in [3.05, 3.63) is 82.9 Å². The van der Waals surface area contributed by atoms with Crippen LogP contribution in [0.15, 0.2) is 54.7 Å². The van der Waals surface area contributed by atoms with E-state index in [1.54, 1.807) is 36.2 Å². The lowest BCUT2D eigenvalue weighted by molar-refractivity contribution is 0.280. The number of nitrogens with zero attached hydrogens (tertiary/aromatic N) is 2. The molecule has 124 valence electrons. The van der Waals surface area contributed by atoms with Crippen LogP contribution < -0.4 is 4.74 Å². The molecule has 0 radical (unpaired) electrons. The fourth-order valence-electron chi connectivity index (χ4n) is 2.60. The third-order valence-corrected chi connectivity index (χ3v) is 3.91. The first-order chi connectivity index (χ1) is 11.7. The van der Waals surface area contributed by atoms with Gasteiger partial charge in [-0.1, -0.05) is 30.3 Å². The molecule has 0 spiro atoms. The zero-order valence-corrected chi connectivity index (χ0v) is 13.4. The van der Waals surface area contributed by atoms with E-state index in [4.69, 9.17) is 4.74 Å². The Morgan fingerprint density at radius 1 is 1.08 bits per heavy atom. The normalized spacial score (nSPS) is 10.8. The lowest BCUT2D eigenvalue weighted by Crippen LogP contribution is -2.02. The highest BCUT2D eigenvalue weighted by molar-refractivity contribution is 5.29. The number of halogens is 1. The smallest absolute Gasteiger partial charge is 0.126 e. The van der Waals surface area contributed by atoms with Crippen LogP contribution in [0.1, 0.15) is 22.4 Å². The highest BCUT2D eigenvalue weighted by Gasteiger charge is 2.11. The molecule has 0 amide bonds. The van der Waals surface area contributed by atoms with Gasteiger partial charge in [-0.25, -0.2) is 4.39 Å². The van der Waals surface area contributed by atoms with Crippen LogP contribution in [0, 0.1) is 5.82 Å². The van der Waals surface area contributed by atoms with Crippen LogP contribution in [0.25, 0.3) is 0 Å². The molecule has 0 fully saturated rings. The van der Waals surface area contributed by atoms with Crippen molar-refractivity contribution >= 4 is 0 Å². The third kappa shape index (κ3) is 3.63. The molecule has 24 heavy (non-hydrogen) atoms. The first kappa shape index (κ1) is 16.2. The van der Waals surface area contributed by atoms with E-state index in [0.717, 1.165) is 11.3 Å². The maximum absolute atomic E-state index is 13.8. The molecule has 0 aliphatic rings. The van der Waals surface area contributed by atoms with Crippen LogP contribution in [0.2, 0.25) is 0 Å². The van der Waals surface area contributed by atoms with E-state index in [1.165, 1.54) is 6.07 Å². The summed E-state index contributed by atoms with van der Waals surface area (Å²) in [5.41, 5.74) is 3.05. The SMILES string of the molecule is COc1ccc(Cn2cc(CO)c(Cc3ccccc3F)n2)cc1. The van der Waals surface area contributed by atoms with E-state index in [-0.39, 0.29) is 12.4 Å². The van der Waals surface area contributed by atoms with Crippen molar-refractivity contribution in [1.29, 1.82) is 0 Å². The molecule has 1 heterocycles. The van der Waals surface area contributed by atoms with Gasteiger partial charge in [0.25, 0.3) is 0 Å². The Kier molecular flexibility index (Phi) is 4.91. The monoisotopic (exact) mass is 326 g/mol. The maximum Gasteiger partial charge on any atom is 0.126 e. The van der Waals surface area contributed by atoms with Crippen molar-refractivity contribution in [2.45, 2.75) is 19.6 Å². The predicted octanol–water partition coefficient (Wildman–Crippen LogP) is 3.16. The molecule has 0 aliphatic heterocycles. The Morgan fingerprint density at radius 2 is 1.83 bits per heavy atom. The van der Waals surface area contributed by atoms with Crippen LogP contribution in [0.3, 0.4) is 0 Å². The number of aliphatic hydroxyl groups is 1. The van der Waals surface area contributed by atoms with Crippen molar-refractivity contribution < 1.29 is 14.2 Å². The van der Waals surface area contributed by atoms with Crippen LogP contribution in [0.5, 0.6) is 5.75 Å². The molecule has 2 aromatic carbocycles. The summed E-state index contributed by atoms with van der Waals surface area (Å²) in [6.07, 6.45) is 2.17. The summed E-state index contributed by atoms with van der Waals surface area (Å²) in [5.74, 6) is 0.543. The molecule has 1 aromatic heterocycles. The molecule has 3 aromatic rings. The second kappa shape index (κ2) is 7.27. The summed E-state index contributed by atoms with van der Waals surface area (Å²) in [7, 11) is 1.63. The van der Waals surface area contributed by atoms with Crippen molar-refractivity contribution in [1.82, 2.24) is 9.78 Å². The van der Waals surface area contributed by atoms with E-state index in [1.807, 2.05) is 24.3 Å². The van der Waals surface area contributed by atoms with E-state index in [9.17, 15) is 9.50 Å². The molecule has 0 unspecified atom stereocenters. The molecule has 0 saturated heterocycles. The second-order valence-corrected chi connectivity index (χ2v) is 5.57. The minimum atomic E-state index is -0.258. The van der Waals surface area contributed by atoms with E-state index in [2.05, 4.69) is 5.10 Å². The van der Waals surface area contributed by atoms with Gasteiger partial charge in [0.1, 0.15) is 11.6 Å². The fraction of sp³-hybridized carbons (Fsp3) is 0.211. The zero-order valence-electron chi connectivity index (χ0n) is 13.4. The molecular weight excluding hydrogens is 307 g/mol. The minimum absolute atomic E-state index is 0.119. The van der Waals surface area contributed by atoms with Crippen LogP contribution in [0.4, 0.5) is 4.39 Å². The summed E-state index contributed by atoms with van der Waals surface area (Å²) in [6.45, 7) is 0.459. The number of rotatable bonds is 6. The summed E-state index contributed by atoms with van der Waals surface area (Å²) >= 11 is 0. The molecular formula is C19H19FN2O2. The van der Waals surface area contributed by atoms with Gasteiger partial charge in [-0.05, 0) is 29.3 Å². The Hall–Kier alpha value is -2.66.